The number of fused-ring (bicyclic) bond motifs is 2. The van der Waals surface area contributed by atoms with Crippen molar-refractivity contribution in [1.82, 2.24) is 90.8 Å². The normalized spacial score (nSPS) is 26.4. The summed E-state index contributed by atoms with van der Waals surface area (Å²) in [5.74, 6) is 0.266. The fraction of sp³-hybridized carbons (Fsp3) is 0.595. The largest absolute Gasteiger partial charge is 0.496 e. The summed E-state index contributed by atoms with van der Waals surface area (Å²) >= 11 is 0. The monoisotopic (exact) mass is 1570 g/mol. The molecule has 2 bridgehead atoms. The number of halogens is 1. The number of aromatic amines is 2. The number of anilines is 4. The molecule has 4 unspecified atom stereocenters. The van der Waals surface area contributed by atoms with Crippen molar-refractivity contribution in [1.29, 1.82) is 10.5 Å². The van der Waals surface area contributed by atoms with Gasteiger partial charge in [-0.15, -0.1) is 0 Å². The lowest BCUT2D eigenvalue weighted by Gasteiger charge is -2.73. The molecule has 3 amide bonds. The standard InChI is InChI=1S/C79H94FN25O10/c1-41(86-68(107)66-91-71(95-74(93-66)112-34-42-26-49(80)27-42)103-22-11-43(12-23-103)53-9-8-52(83)62(88-53)63(84)106)76(2,110)30-50-6-7-51-60(98-100-64(51)87-50)45-13-20-102(21-14-45)58-29-54(89-73(90-58)114-40-77(39-82)17-18-77)70(109)105-32-56(44-4-5-44)115-57(33-105)78-36-79(37-78,38-78)97-69(108)67-92-72(96-75(94-67)113-35-48-28-47(48)31-81)104-24-15-46(16-25-104)61-59-55(111-3)10-19-85-65(59)101-99-61/h6-10,19,29,41-49,56-57,70,109-110H,4-5,11-18,20-28,30,32-38,40,83H2,1-3H3,(H2,84,106)(H,86,107)(H,97,108)(H,85,99,101)(H,87,98,100)/t41-,42-,47+,48-,49-,56?,57?,70?,76?,78?,79?/m1/s1. The third kappa shape index (κ3) is 15.3. The van der Waals surface area contributed by atoms with Crippen LogP contribution in [0.1, 0.15) is 201 Å². The summed E-state index contributed by atoms with van der Waals surface area (Å²) in [5, 5.41) is 68.0. The number of morpholine rings is 1. The molecule has 4 aliphatic heterocycles. The van der Waals surface area contributed by atoms with Crippen molar-refractivity contribution >= 4 is 63.2 Å². The van der Waals surface area contributed by atoms with Gasteiger partial charge < -0.3 is 70.7 Å². The van der Waals surface area contributed by atoms with Crippen LogP contribution in [0.25, 0.3) is 22.1 Å². The van der Waals surface area contributed by atoms with Gasteiger partial charge in [0.2, 0.25) is 23.5 Å². The number of H-pyrrole nitrogens is 2. The van der Waals surface area contributed by atoms with Gasteiger partial charge in [-0.05, 0) is 159 Å². The molecule has 8 aromatic rings. The summed E-state index contributed by atoms with van der Waals surface area (Å²) in [5.41, 5.74) is 13.5. The second-order valence-electron chi connectivity index (χ2n) is 34.0. The molecule has 7 saturated carbocycles. The first-order valence-corrected chi connectivity index (χ1v) is 40.3. The molecule has 10 N–H and O–H groups in total. The number of aromatic nitrogens is 15. The number of hydrogen-bond acceptors (Lipinski definition) is 30. The Bertz CT molecular complexity index is 5110. The maximum absolute atomic E-state index is 14.5. The second-order valence-corrected chi connectivity index (χ2v) is 34.0. The molecule has 11 fully saturated rings. The molecule has 0 spiro atoms. The van der Waals surface area contributed by atoms with Crippen molar-refractivity contribution in [3.05, 3.63) is 88.4 Å². The molecule has 8 aromatic heterocycles. The van der Waals surface area contributed by atoms with E-state index < -0.39 is 52.7 Å². The van der Waals surface area contributed by atoms with Gasteiger partial charge in [0.15, 0.2) is 23.2 Å². The van der Waals surface area contributed by atoms with Crippen LogP contribution in [0.2, 0.25) is 0 Å². The minimum absolute atomic E-state index is 0.0108. The zero-order valence-corrected chi connectivity index (χ0v) is 64.5. The van der Waals surface area contributed by atoms with Crippen LogP contribution in [0.15, 0.2) is 42.6 Å². The maximum atomic E-state index is 14.5. The summed E-state index contributed by atoms with van der Waals surface area (Å²) in [6, 6.07) is 14.9. The Morgan fingerprint density at radius 2 is 1.41 bits per heavy atom. The van der Waals surface area contributed by atoms with E-state index in [0.717, 1.165) is 54.3 Å². The van der Waals surface area contributed by atoms with Crippen molar-refractivity contribution in [3.8, 4) is 35.9 Å². The van der Waals surface area contributed by atoms with Gasteiger partial charge in [-0.2, -0.15) is 60.6 Å². The van der Waals surface area contributed by atoms with Crippen LogP contribution in [-0.2, 0) is 11.2 Å². The maximum Gasteiger partial charge on any atom is 0.321 e. The van der Waals surface area contributed by atoms with Gasteiger partial charge in [0, 0.05) is 122 Å². The first-order valence-electron chi connectivity index (χ1n) is 40.3. The Balaban J connectivity index is 0.509. The van der Waals surface area contributed by atoms with Crippen LogP contribution >= 0.6 is 0 Å². The van der Waals surface area contributed by atoms with Crippen molar-refractivity contribution < 1.29 is 52.7 Å². The Kier molecular flexibility index (Phi) is 19.7. The number of primary amides is 1. The second kappa shape index (κ2) is 30.0. The summed E-state index contributed by atoms with van der Waals surface area (Å²) in [7, 11) is 1.64. The van der Waals surface area contributed by atoms with Crippen LogP contribution in [0, 0.1) is 57.2 Å². The van der Waals surface area contributed by atoms with Gasteiger partial charge in [0.25, 0.3) is 17.7 Å². The van der Waals surface area contributed by atoms with Crippen molar-refractivity contribution in [2.24, 2.45) is 40.2 Å². The number of aliphatic hydroxyl groups is 2. The molecular weight excluding hydrogens is 1480 g/mol. The lowest BCUT2D eigenvalue weighted by Crippen LogP contribution is -2.79. The van der Waals surface area contributed by atoms with Gasteiger partial charge >= 0.3 is 18.0 Å². The summed E-state index contributed by atoms with van der Waals surface area (Å²) < 4.78 is 44.9. The minimum atomic E-state index is -1.52. The Morgan fingerprint density at radius 3 is 2.06 bits per heavy atom. The molecule has 7 aliphatic carbocycles. The van der Waals surface area contributed by atoms with Gasteiger partial charge in [-0.1, -0.05) is 0 Å². The zero-order chi connectivity index (χ0) is 79.2. The molecule has 19 rings (SSSR count). The molecule has 36 heteroatoms. The van der Waals surface area contributed by atoms with Crippen molar-refractivity contribution in [3.63, 3.8) is 0 Å². The molecule has 4 saturated heterocycles. The number of pyridine rings is 3. The van der Waals surface area contributed by atoms with E-state index in [1.54, 1.807) is 39.3 Å². The lowest BCUT2D eigenvalue weighted by molar-refractivity contribution is -0.266. The molecule has 11 aliphatic rings. The van der Waals surface area contributed by atoms with E-state index in [2.05, 4.69) is 77.8 Å². The topological polar surface area (TPSA) is 474 Å². The highest BCUT2D eigenvalue weighted by Gasteiger charge is 2.72. The first kappa shape index (κ1) is 75.4. The number of nitrogens with two attached hydrogens (primary N) is 2. The number of aliphatic hydroxyl groups excluding tert-OH is 1. The number of alkyl halides is 1. The van der Waals surface area contributed by atoms with E-state index in [0.29, 0.717) is 175 Å². The van der Waals surface area contributed by atoms with E-state index in [1.807, 2.05) is 34.1 Å². The number of amides is 3. The smallest absolute Gasteiger partial charge is 0.321 e. The summed E-state index contributed by atoms with van der Waals surface area (Å²) in [4.78, 5) is 100. The van der Waals surface area contributed by atoms with Crippen LogP contribution in [-0.4, -0.2) is 223 Å². The number of nitrogens with one attached hydrogen (secondary N) is 4. The average molecular weight is 1570 g/mol. The molecule has 0 aromatic carbocycles. The van der Waals surface area contributed by atoms with Crippen LogP contribution < -0.4 is 55.7 Å². The average Bonchev–Trinajstić information content (AvgIpc) is 1.63. The number of methoxy groups -OCH3 is 1. The quantitative estimate of drug-likeness (QED) is 0.0282. The van der Waals surface area contributed by atoms with Crippen LogP contribution in [0.5, 0.6) is 23.8 Å². The van der Waals surface area contributed by atoms with E-state index in [9.17, 15) is 39.5 Å². The molecule has 115 heavy (non-hydrogen) atoms. The number of rotatable bonds is 28. The highest BCUT2D eigenvalue weighted by molar-refractivity contribution is 5.96. The highest BCUT2D eigenvalue weighted by Crippen LogP contribution is 2.70. The number of nitrogens with zero attached hydrogens (tertiary/aromatic N) is 19. The number of carbonyl (C=O) groups is 3. The molecule has 35 nitrogen and oxygen atoms in total. The van der Waals surface area contributed by atoms with Gasteiger partial charge in [-0.25, -0.2) is 19.3 Å². The predicted molar refractivity (Wildman–Crippen MR) is 410 cm³/mol. The van der Waals surface area contributed by atoms with E-state index in [-0.39, 0.29) is 126 Å². The third-order valence-electron chi connectivity index (χ3n) is 25.8. The number of piperidine rings is 3. The number of ether oxygens (including phenoxy) is 5. The lowest BCUT2D eigenvalue weighted by atomic mass is 9.37. The molecule has 7 atom stereocenters. The van der Waals surface area contributed by atoms with E-state index in [4.69, 9.17) is 65.2 Å². The van der Waals surface area contributed by atoms with Gasteiger partial charge in [0.1, 0.15) is 24.3 Å². The van der Waals surface area contributed by atoms with Crippen LogP contribution in [0.3, 0.4) is 0 Å². The Hall–Kier alpha value is -11.0. The minimum Gasteiger partial charge on any atom is -0.496 e. The molecular formula is C79H94FN25O10. The van der Waals surface area contributed by atoms with Gasteiger partial charge in [-0.3, -0.25) is 29.5 Å². The highest BCUT2D eigenvalue weighted by atomic mass is 19.1. The first-order chi connectivity index (χ1) is 55.6. The number of nitrogen functional groups attached to an aromatic ring is 1. The summed E-state index contributed by atoms with van der Waals surface area (Å²) in [6.45, 7) is 8.09. The third-order valence-corrected chi connectivity index (χ3v) is 25.8. The van der Waals surface area contributed by atoms with Crippen LogP contribution in [0.4, 0.5) is 27.8 Å². The fourth-order valence-corrected chi connectivity index (χ4v) is 18.1. The zero-order valence-electron chi connectivity index (χ0n) is 64.5. The summed E-state index contributed by atoms with van der Waals surface area (Å²) in [6.07, 6.45) is 10.4. The number of hydrogen-bond donors (Lipinski definition) is 8. The van der Waals surface area contributed by atoms with Crippen molar-refractivity contribution in [2.75, 3.05) is 99.7 Å². The Labute approximate surface area is 661 Å². The van der Waals surface area contributed by atoms with E-state index >= 15 is 0 Å². The van der Waals surface area contributed by atoms with Crippen molar-refractivity contribution in [2.45, 2.75) is 183 Å². The molecule has 602 valence electrons. The van der Waals surface area contributed by atoms with E-state index in [1.165, 1.54) is 0 Å². The molecule has 12 heterocycles. The van der Waals surface area contributed by atoms with Gasteiger partial charge in [0.05, 0.1) is 95.8 Å². The number of carbonyl (C=O) groups excluding carboxylic acids is 3. The fourth-order valence-electron chi connectivity index (χ4n) is 18.1. The predicted octanol–water partition coefficient (Wildman–Crippen LogP) is 5.91. The SMILES string of the molecule is COc1ccnc2[nH]nc(C3CCN(c4nc(OC[C@H]5C[C@H]5C#N)nc(C(=O)NC56CC(C7CN(C(O)c8cc(N9CCC(c%10n[nH]c%11nc(CC(C)(O)[C@@H](C)NC(=O)c%12nc(OC[C@H]%13C[C@H](F)C%13)nc(N%13CCC(c%14ccc(N)c(C(N)=O)n%14)CC%13)n%12)ccc%10%11)CC9)nc(OCC9(C#N)CC9)n8)CC(C8CC8)O7)(C5)C6)n4)CC3)c12. The number of nitriles is 2. The molecule has 0 radical (unpaired) electrons. The Morgan fingerprint density at radius 1 is 0.757 bits per heavy atom.